The van der Waals surface area contributed by atoms with Crippen LogP contribution in [-0.4, -0.2) is 27.5 Å². The first-order valence-corrected chi connectivity index (χ1v) is 7.03. The van der Waals surface area contributed by atoms with Gasteiger partial charge in [-0.3, -0.25) is 9.88 Å². The molecule has 2 heterocycles. The molecule has 0 saturated carbocycles. The zero-order chi connectivity index (χ0) is 13.2. The van der Waals surface area contributed by atoms with Crippen molar-refractivity contribution in [3.8, 4) is 0 Å². The predicted molar refractivity (Wildman–Crippen MR) is 82.0 cm³/mol. The Morgan fingerprint density at radius 2 is 2.16 bits per heavy atom. The van der Waals surface area contributed by atoms with Crippen molar-refractivity contribution in [2.75, 3.05) is 6.54 Å². The lowest BCUT2D eigenvalue weighted by atomic mass is 10.2. The molecule has 1 fully saturated rings. The fourth-order valence-corrected chi connectivity index (χ4v) is 3.01. The quantitative estimate of drug-likeness (QED) is 0.871. The highest BCUT2D eigenvalue weighted by molar-refractivity contribution is 7.80. The zero-order valence-electron chi connectivity index (χ0n) is 10.7. The van der Waals surface area contributed by atoms with Crippen molar-refractivity contribution < 1.29 is 0 Å². The summed E-state index contributed by atoms with van der Waals surface area (Å²) in [6.07, 6.45) is 2.23. The van der Waals surface area contributed by atoms with Crippen LogP contribution in [0, 0.1) is 0 Å². The standard InChI is InChI=1S/C15H17N3S/c16-15(19)14-6-3-9-18(14)10-12-8-7-11-4-1-2-5-13(11)17-12/h1-2,4-5,7-8,14H,3,6,9-10H2,(H2,16,19). The molecule has 0 amide bonds. The average molecular weight is 271 g/mol. The van der Waals surface area contributed by atoms with Gasteiger partial charge in [0.2, 0.25) is 0 Å². The largest absolute Gasteiger partial charge is 0.392 e. The van der Waals surface area contributed by atoms with E-state index in [9.17, 15) is 0 Å². The third-order valence-electron chi connectivity index (χ3n) is 3.71. The summed E-state index contributed by atoms with van der Waals surface area (Å²) in [5.41, 5.74) is 7.93. The Morgan fingerprint density at radius 3 is 3.00 bits per heavy atom. The van der Waals surface area contributed by atoms with Crippen LogP contribution in [-0.2, 0) is 6.54 Å². The Hall–Kier alpha value is -1.52. The van der Waals surface area contributed by atoms with Crippen molar-refractivity contribution in [2.45, 2.75) is 25.4 Å². The van der Waals surface area contributed by atoms with E-state index in [2.05, 4.69) is 23.1 Å². The molecule has 0 spiro atoms. The number of benzene rings is 1. The Bertz CT molecular complexity index is 611. The first-order chi connectivity index (χ1) is 9.24. The molecule has 1 aliphatic heterocycles. The first-order valence-electron chi connectivity index (χ1n) is 6.62. The van der Waals surface area contributed by atoms with Gasteiger partial charge in [-0.2, -0.15) is 0 Å². The van der Waals surface area contributed by atoms with E-state index in [0.717, 1.165) is 37.1 Å². The fraction of sp³-hybridized carbons (Fsp3) is 0.333. The molecule has 1 aliphatic rings. The number of hydrogen-bond donors (Lipinski definition) is 1. The molecular formula is C15H17N3S. The molecule has 1 unspecified atom stereocenters. The number of thiocarbonyl (C=S) groups is 1. The van der Waals surface area contributed by atoms with Crippen molar-refractivity contribution >= 4 is 28.1 Å². The number of fused-ring (bicyclic) bond motifs is 1. The molecule has 3 rings (SSSR count). The van der Waals surface area contributed by atoms with E-state index >= 15 is 0 Å². The molecule has 1 atom stereocenters. The molecule has 98 valence electrons. The smallest absolute Gasteiger partial charge is 0.0902 e. The van der Waals surface area contributed by atoms with Crippen molar-refractivity contribution in [1.82, 2.24) is 9.88 Å². The maximum atomic E-state index is 5.80. The highest BCUT2D eigenvalue weighted by Crippen LogP contribution is 2.20. The normalized spacial score (nSPS) is 19.9. The van der Waals surface area contributed by atoms with E-state index in [4.69, 9.17) is 22.9 Å². The summed E-state index contributed by atoms with van der Waals surface area (Å²) in [6.45, 7) is 1.88. The van der Waals surface area contributed by atoms with Gasteiger partial charge in [0.1, 0.15) is 0 Å². The highest BCUT2D eigenvalue weighted by atomic mass is 32.1. The second-order valence-electron chi connectivity index (χ2n) is 5.03. The van der Waals surface area contributed by atoms with Gasteiger partial charge in [0.05, 0.1) is 22.2 Å². The lowest BCUT2D eigenvalue weighted by Gasteiger charge is -2.22. The Balaban J connectivity index is 1.83. The lowest BCUT2D eigenvalue weighted by Crippen LogP contribution is -2.38. The van der Waals surface area contributed by atoms with Crippen LogP contribution < -0.4 is 5.73 Å². The van der Waals surface area contributed by atoms with Gasteiger partial charge >= 0.3 is 0 Å². The van der Waals surface area contributed by atoms with Crippen LogP contribution in [0.2, 0.25) is 0 Å². The summed E-state index contributed by atoms with van der Waals surface area (Å²) in [7, 11) is 0. The molecule has 1 saturated heterocycles. The molecule has 2 aromatic rings. The number of likely N-dealkylation sites (tertiary alicyclic amines) is 1. The predicted octanol–water partition coefficient (Wildman–Crippen LogP) is 2.49. The van der Waals surface area contributed by atoms with Crippen LogP contribution in [0.25, 0.3) is 10.9 Å². The monoisotopic (exact) mass is 271 g/mol. The number of para-hydroxylation sites is 1. The summed E-state index contributed by atoms with van der Waals surface area (Å²) in [4.78, 5) is 7.65. The van der Waals surface area contributed by atoms with E-state index in [-0.39, 0.29) is 6.04 Å². The summed E-state index contributed by atoms with van der Waals surface area (Å²) >= 11 is 5.14. The van der Waals surface area contributed by atoms with Crippen LogP contribution in [0.5, 0.6) is 0 Å². The first kappa shape index (κ1) is 12.5. The van der Waals surface area contributed by atoms with Gasteiger partial charge in [-0.25, -0.2) is 0 Å². The maximum absolute atomic E-state index is 5.80. The van der Waals surface area contributed by atoms with Gasteiger partial charge < -0.3 is 5.73 Å². The van der Waals surface area contributed by atoms with Crippen molar-refractivity contribution in [1.29, 1.82) is 0 Å². The topological polar surface area (TPSA) is 42.1 Å². The molecule has 2 N–H and O–H groups in total. The molecule has 19 heavy (non-hydrogen) atoms. The average Bonchev–Trinajstić information content (AvgIpc) is 2.87. The van der Waals surface area contributed by atoms with E-state index in [1.807, 2.05) is 18.2 Å². The molecule has 0 bridgehead atoms. The summed E-state index contributed by atoms with van der Waals surface area (Å²) < 4.78 is 0. The van der Waals surface area contributed by atoms with Crippen LogP contribution in [0.3, 0.4) is 0 Å². The second kappa shape index (κ2) is 5.23. The summed E-state index contributed by atoms with van der Waals surface area (Å²) in [5, 5.41) is 1.18. The van der Waals surface area contributed by atoms with Gasteiger partial charge in [-0.05, 0) is 31.5 Å². The number of rotatable bonds is 3. The molecule has 1 aromatic carbocycles. The van der Waals surface area contributed by atoms with Crippen LogP contribution in [0.4, 0.5) is 0 Å². The van der Waals surface area contributed by atoms with E-state index in [1.165, 1.54) is 5.39 Å². The maximum Gasteiger partial charge on any atom is 0.0902 e. The summed E-state index contributed by atoms with van der Waals surface area (Å²) in [5.74, 6) is 0. The number of aromatic nitrogens is 1. The van der Waals surface area contributed by atoms with E-state index < -0.39 is 0 Å². The zero-order valence-corrected chi connectivity index (χ0v) is 11.6. The SMILES string of the molecule is NC(=S)C1CCCN1Cc1ccc2ccccc2n1. The highest BCUT2D eigenvalue weighted by Gasteiger charge is 2.26. The van der Waals surface area contributed by atoms with Crippen molar-refractivity contribution in [3.05, 3.63) is 42.1 Å². The Morgan fingerprint density at radius 1 is 1.32 bits per heavy atom. The molecule has 0 radical (unpaired) electrons. The van der Waals surface area contributed by atoms with Gasteiger partial charge in [-0.15, -0.1) is 0 Å². The van der Waals surface area contributed by atoms with Crippen LogP contribution >= 0.6 is 12.2 Å². The second-order valence-corrected chi connectivity index (χ2v) is 5.50. The third kappa shape index (κ3) is 2.60. The number of nitrogens with two attached hydrogens (primary N) is 1. The molecule has 1 aromatic heterocycles. The van der Waals surface area contributed by atoms with Gasteiger partial charge in [0.15, 0.2) is 0 Å². The molecular weight excluding hydrogens is 254 g/mol. The van der Waals surface area contributed by atoms with Crippen molar-refractivity contribution in [2.24, 2.45) is 5.73 Å². The minimum atomic E-state index is 0.239. The van der Waals surface area contributed by atoms with Gasteiger partial charge in [0.25, 0.3) is 0 Å². The molecule has 3 nitrogen and oxygen atoms in total. The van der Waals surface area contributed by atoms with Gasteiger partial charge in [-0.1, -0.05) is 36.5 Å². The Kier molecular flexibility index (Phi) is 3.44. The molecule has 0 aliphatic carbocycles. The number of pyridine rings is 1. The third-order valence-corrected chi connectivity index (χ3v) is 3.99. The lowest BCUT2D eigenvalue weighted by molar-refractivity contribution is 0.292. The minimum Gasteiger partial charge on any atom is -0.392 e. The number of nitrogens with zero attached hydrogens (tertiary/aromatic N) is 2. The minimum absolute atomic E-state index is 0.239. The van der Waals surface area contributed by atoms with Gasteiger partial charge in [0, 0.05) is 11.9 Å². The molecule has 4 heteroatoms. The number of hydrogen-bond acceptors (Lipinski definition) is 3. The Labute approximate surface area is 118 Å². The van der Waals surface area contributed by atoms with Crippen molar-refractivity contribution in [3.63, 3.8) is 0 Å². The van der Waals surface area contributed by atoms with Crippen LogP contribution in [0.1, 0.15) is 18.5 Å². The van der Waals surface area contributed by atoms with E-state index in [0.29, 0.717) is 4.99 Å². The summed E-state index contributed by atoms with van der Waals surface area (Å²) in [6, 6.07) is 12.7. The van der Waals surface area contributed by atoms with Crippen LogP contribution in [0.15, 0.2) is 36.4 Å². The fourth-order valence-electron chi connectivity index (χ4n) is 2.74. The van der Waals surface area contributed by atoms with E-state index in [1.54, 1.807) is 0 Å².